The SMILES string of the molecule is CSc1cc(-c2ccnc(Nc3cc(Cl)cnc3C)n2)cc(C#N)c1NCCCO. The zero-order valence-corrected chi connectivity index (χ0v) is 18.2. The van der Waals surface area contributed by atoms with E-state index in [0.29, 0.717) is 35.2 Å². The number of aryl methyl sites for hydroxylation is 1. The number of pyridine rings is 1. The number of benzene rings is 1. The van der Waals surface area contributed by atoms with Gasteiger partial charge in [0.2, 0.25) is 5.95 Å². The molecule has 3 N–H and O–H groups in total. The van der Waals surface area contributed by atoms with Crippen molar-refractivity contribution in [3.8, 4) is 17.3 Å². The van der Waals surface area contributed by atoms with Gasteiger partial charge in [0.05, 0.1) is 33.3 Å². The summed E-state index contributed by atoms with van der Waals surface area (Å²) in [5.41, 5.74) is 4.31. The van der Waals surface area contributed by atoms with Crippen molar-refractivity contribution < 1.29 is 5.11 Å². The predicted molar refractivity (Wildman–Crippen MR) is 121 cm³/mol. The molecule has 0 saturated carbocycles. The van der Waals surface area contributed by atoms with Crippen molar-refractivity contribution in [2.75, 3.05) is 30.0 Å². The van der Waals surface area contributed by atoms with Crippen LogP contribution in [0.4, 0.5) is 17.3 Å². The predicted octanol–water partition coefficient (Wildman–Crippen LogP) is 4.63. The Morgan fingerprint density at radius 3 is 2.83 bits per heavy atom. The van der Waals surface area contributed by atoms with Gasteiger partial charge in [-0.1, -0.05) is 11.6 Å². The number of hydrogen-bond acceptors (Lipinski definition) is 8. The molecule has 154 valence electrons. The molecule has 2 aromatic heterocycles. The lowest BCUT2D eigenvalue weighted by atomic mass is 10.1. The number of anilines is 3. The van der Waals surface area contributed by atoms with E-state index >= 15 is 0 Å². The van der Waals surface area contributed by atoms with Crippen LogP contribution >= 0.6 is 23.4 Å². The van der Waals surface area contributed by atoms with Gasteiger partial charge >= 0.3 is 0 Å². The molecular formula is C21H21ClN6OS. The van der Waals surface area contributed by atoms with Crippen LogP contribution in [0.3, 0.4) is 0 Å². The summed E-state index contributed by atoms with van der Waals surface area (Å²) in [6.07, 6.45) is 5.82. The molecule has 2 heterocycles. The molecule has 0 bridgehead atoms. The first kappa shape index (κ1) is 21.8. The van der Waals surface area contributed by atoms with Crippen LogP contribution in [0.25, 0.3) is 11.3 Å². The molecule has 0 unspecified atom stereocenters. The highest BCUT2D eigenvalue weighted by Crippen LogP contribution is 2.34. The van der Waals surface area contributed by atoms with Gasteiger partial charge in [0.1, 0.15) is 6.07 Å². The summed E-state index contributed by atoms with van der Waals surface area (Å²) in [7, 11) is 0. The molecule has 0 amide bonds. The van der Waals surface area contributed by atoms with E-state index < -0.39 is 0 Å². The third-order valence-electron chi connectivity index (χ3n) is 4.33. The van der Waals surface area contributed by atoms with E-state index in [1.807, 2.05) is 19.2 Å². The smallest absolute Gasteiger partial charge is 0.227 e. The second-order valence-corrected chi connectivity index (χ2v) is 7.68. The van der Waals surface area contributed by atoms with Crippen LogP contribution in [0.5, 0.6) is 0 Å². The standard InChI is InChI=1S/C21H21ClN6OS/c1-13-18(10-16(22)12-26-13)28-21-25-6-4-17(27-21)14-8-15(11-23)20(19(9-14)30-2)24-5-3-7-29/h4,6,8-10,12,24,29H,3,5,7H2,1-2H3,(H,25,27,28). The number of rotatable bonds is 8. The summed E-state index contributed by atoms with van der Waals surface area (Å²) in [5.74, 6) is 0.411. The third kappa shape index (κ3) is 5.19. The van der Waals surface area contributed by atoms with Crippen molar-refractivity contribution in [3.05, 3.63) is 52.9 Å². The van der Waals surface area contributed by atoms with Gasteiger partial charge < -0.3 is 15.7 Å². The van der Waals surface area contributed by atoms with Gasteiger partial charge in [-0.15, -0.1) is 11.8 Å². The number of halogens is 1. The first-order valence-corrected chi connectivity index (χ1v) is 10.9. The second kappa shape index (κ2) is 10.3. The number of nitrogens with one attached hydrogen (secondary N) is 2. The van der Waals surface area contributed by atoms with Crippen LogP contribution in [0.1, 0.15) is 17.7 Å². The fourth-order valence-corrected chi connectivity index (χ4v) is 3.61. The fourth-order valence-electron chi connectivity index (χ4n) is 2.82. The highest BCUT2D eigenvalue weighted by molar-refractivity contribution is 7.98. The summed E-state index contributed by atoms with van der Waals surface area (Å²) >= 11 is 7.59. The van der Waals surface area contributed by atoms with Gasteiger partial charge in [-0.3, -0.25) is 4.98 Å². The monoisotopic (exact) mass is 440 g/mol. The van der Waals surface area contributed by atoms with E-state index in [9.17, 15) is 5.26 Å². The van der Waals surface area contributed by atoms with Crippen LogP contribution in [0.15, 0.2) is 41.6 Å². The second-order valence-electron chi connectivity index (χ2n) is 6.39. The van der Waals surface area contributed by atoms with Crippen molar-refractivity contribution in [1.82, 2.24) is 15.0 Å². The molecule has 7 nitrogen and oxygen atoms in total. The summed E-state index contributed by atoms with van der Waals surface area (Å²) in [6.45, 7) is 2.56. The average Bonchev–Trinajstić information content (AvgIpc) is 2.76. The van der Waals surface area contributed by atoms with E-state index in [0.717, 1.165) is 27.5 Å². The minimum atomic E-state index is 0.0971. The number of aliphatic hydroxyl groups excluding tert-OH is 1. The third-order valence-corrected chi connectivity index (χ3v) is 5.30. The van der Waals surface area contributed by atoms with E-state index in [1.54, 1.807) is 42.4 Å². The minimum Gasteiger partial charge on any atom is -0.396 e. The van der Waals surface area contributed by atoms with Crippen molar-refractivity contribution in [2.45, 2.75) is 18.2 Å². The molecule has 0 spiro atoms. The van der Waals surface area contributed by atoms with E-state index in [2.05, 4.69) is 31.7 Å². The molecule has 0 radical (unpaired) electrons. The van der Waals surface area contributed by atoms with Crippen molar-refractivity contribution in [1.29, 1.82) is 5.26 Å². The summed E-state index contributed by atoms with van der Waals surface area (Å²) < 4.78 is 0. The first-order chi connectivity index (χ1) is 14.5. The van der Waals surface area contributed by atoms with Crippen LogP contribution in [0.2, 0.25) is 5.02 Å². The highest BCUT2D eigenvalue weighted by atomic mass is 35.5. The van der Waals surface area contributed by atoms with E-state index in [1.165, 1.54) is 0 Å². The Balaban J connectivity index is 1.95. The maximum absolute atomic E-state index is 9.66. The Hall–Kier alpha value is -2.86. The Bertz CT molecular complexity index is 1090. The van der Waals surface area contributed by atoms with E-state index in [-0.39, 0.29) is 6.61 Å². The Morgan fingerprint density at radius 1 is 1.27 bits per heavy atom. The van der Waals surface area contributed by atoms with Gasteiger partial charge in [0.25, 0.3) is 0 Å². The topological polar surface area (TPSA) is 107 Å². The molecule has 1 aromatic carbocycles. The lowest BCUT2D eigenvalue weighted by molar-refractivity contribution is 0.292. The van der Waals surface area contributed by atoms with Crippen LogP contribution in [0, 0.1) is 18.3 Å². The molecule has 0 saturated heterocycles. The summed E-state index contributed by atoms with van der Waals surface area (Å²) in [4.78, 5) is 14.0. The summed E-state index contributed by atoms with van der Waals surface area (Å²) in [6, 6.07) is 9.62. The van der Waals surface area contributed by atoms with Crippen LogP contribution in [-0.2, 0) is 0 Å². The lowest BCUT2D eigenvalue weighted by Crippen LogP contribution is -2.06. The maximum atomic E-state index is 9.66. The Labute approximate surface area is 184 Å². The molecule has 30 heavy (non-hydrogen) atoms. The van der Waals surface area contributed by atoms with E-state index in [4.69, 9.17) is 16.7 Å². The Kier molecular flexibility index (Phi) is 7.46. The fraction of sp³-hybridized carbons (Fsp3) is 0.238. The normalized spacial score (nSPS) is 10.5. The van der Waals surface area contributed by atoms with Gasteiger partial charge in [0, 0.05) is 36.0 Å². The largest absolute Gasteiger partial charge is 0.396 e. The summed E-state index contributed by atoms with van der Waals surface area (Å²) in [5, 5.41) is 25.6. The molecule has 0 atom stereocenters. The number of hydrogen-bond donors (Lipinski definition) is 3. The number of nitrogens with zero attached hydrogens (tertiary/aromatic N) is 4. The molecule has 0 aliphatic rings. The van der Waals surface area contributed by atoms with Gasteiger partial charge in [0.15, 0.2) is 0 Å². The molecule has 3 aromatic rings. The zero-order chi connectivity index (χ0) is 21.5. The number of nitriles is 1. The molecule has 9 heteroatoms. The number of aliphatic hydroxyl groups is 1. The molecule has 0 aliphatic carbocycles. The average molecular weight is 441 g/mol. The quantitative estimate of drug-likeness (QED) is 0.343. The van der Waals surface area contributed by atoms with Crippen molar-refractivity contribution >= 4 is 40.7 Å². The highest BCUT2D eigenvalue weighted by Gasteiger charge is 2.13. The number of aromatic nitrogens is 3. The van der Waals surface area contributed by atoms with Crippen LogP contribution in [-0.4, -0.2) is 39.5 Å². The number of thioether (sulfide) groups is 1. The van der Waals surface area contributed by atoms with Crippen molar-refractivity contribution in [3.63, 3.8) is 0 Å². The molecule has 3 rings (SSSR count). The minimum absolute atomic E-state index is 0.0971. The van der Waals surface area contributed by atoms with Gasteiger partial charge in [-0.25, -0.2) is 9.97 Å². The first-order valence-electron chi connectivity index (χ1n) is 9.25. The molecule has 0 fully saturated rings. The van der Waals surface area contributed by atoms with Crippen molar-refractivity contribution in [2.24, 2.45) is 0 Å². The Morgan fingerprint density at radius 2 is 2.10 bits per heavy atom. The lowest BCUT2D eigenvalue weighted by Gasteiger charge is -2.14. The molecular weight excluding hydrogens is 420 g/mol. The van der Waals surface area contributed by atoms with Gasteiger partial charge in [-0.2, -0.15) is 5.26 Å². The molecule has 0 aliphatic heterocycles. The van der Waals surface area contributed by atoms with Crippen LogP contribution < -0.4 is 10.6 Å². The maximum Gasteiger partial charge on any atom is 0.227 e. The van der Waals surface area contributed by atoms with Gasteiger partial charge in [-0.05, 0) is 43.9 Å². The zero-order valence-electron chi connectivity index (χ0n) is 16.6.